The van der Waals surface area contributed by atoms with Crippen LogP contribution in [0.4, 0.5) is 0 Å². The Morgan fingerprint density at radius 2 is 1.05 bits per heavy atom. The molecule has 0 saturated heterocycles. The van der Waals surface area contributed by atoms with Crippen LogP contribution in [0, 0.1) is 6.07 Å². The Balaban J connectivity index is 0.00000422. The first-order chi connectivity index (χ1) is 27.7. The van der Waals surface area contributed by atoms with Crippen LogP contribution in [0.15, 0.2) is 200 Å². The van der Waals surface area contributed by atoms with Gasteiger partial charge in [-0.1, -0.05) is 151 Å². The van der Waals surface area contributed by atoms with Gasteiger partial charge in [0.25, 0.3) is 0 Å². The van der Waals surface area contributed by atoms with Crippen LogP contribution in [0.1, 0.15) is 0 Å². The van der Waals surface area contributed by atoms with E-state index in [1.54, 1.807) is 6.07 Å². The number of pyridine rings is 2. The van der Waals surface area contributed by atoms with Gasteiger partial charge in [-0.2, -0.15) is 0 Å². The smallest absolute Gasteiger partial charge is 0.125 e. The number of fused-ring (bicyclic) bond motifs is 3. The number of aromatic nitrogens is 3. The number of nitrogens with zero attached hydrogens (tertiary/aromatic N) is 3. The number of para-hydroxylation sites is 3. The predicted molar refractivity (Wildman–Crippen MR) is 229 cm³/mol. The summed E-state index contributed by atoms with van der Waals surface area (Å²) in [5.41, 5.74) is 14.2. The number of rotatable bonds is 7. The molecule has 0 saturated carbocycles. The molecule has 7 aromatic carbocycles. The van der Waals surface area contributed by atoms with Crippen molar-refractivity contribution in [1.29, 1.82) is 0 Å². The van der Waals surface area contributed by atoms with E-state index in [0.717, 1.165) is 67.1 Å². The molecule has 0 aliphatic carbocycles. The Morgan fingerprint density at radius 1 is 0.456 bits per heavy atom. The average Bonchev–Trinajstić information content (AvgIpc) is 3.62. The molecule has 0 fully saturated rings. The molecule has 10 rings (SSSR count). The van der Waals surface area contributed by atoms with E-state index in [1.807, 2.05) is 66.9 Å². The Morgan fingerprint density at radius 3 is 1.84 bits per heavy atom. The van der Waals surface area contributed by atoms with Gasteiger partial charge in [0.05, 0.1) is 16.7 Å². The van der Waals surface area contributed by atoms with E-state index < -0.39 is 0 Å². The van der Waals surface area contributed by atoms with Crippen molar-refractivity contribution in [3.05, 3.63) is 206 Å². The third-order valence-corrected chi connectivity index (χ3v) is 10.4. The van der Waals surface area contributed by atoms with Gasteiger partial charge in [-0.3, -0.25) is 9.97 Å². The van der Waals surface area contributed by atoms with Gasteiger partial charge in [0.15, 0.2) is 0 Å². The third-order valence-electron chi connectivity index (χ3n) is 10.4. The molecule has 10 aromatic rings. The van der Waals surface area contributed by atoms with Crippen LogP contribution < -0.4 is 0 Å². The van der Waals surface area contributed by atoms with Crippen LogP contribution in [-0.4, -0.2) is 19.6 Å². The number of phenolic OH excluding ortho intramolecular Hbond substituents is 1. The third kappa shape index (κ3) is 6.65. The second-order valence-electron chi connectivity index (χ2n) is 13.9. The zero-order chi connectivity index (χ0) is 37.4. The van der Waals surface area contributed by atoms with Gasteiger partial charge in [0, 0.05) is 66.2 Å². The van der Waals surface area contributed by atoms with Crippen molar-refractivity contribution in [2.75, 3.05) is 0 Å². The molecule has 5 heteroatoms. The van der Waals surface area contributed by atoms with Crippen molar-refractivity contribution >= 4 is 21.8 Å². The molecule has 0 radical (unpaired) electrons. The summed E-state index contributed by atoms with van der Waals surface area (Å²) in [5, 5.41) is 13.8. The minimum absolute atomic E-state index is 0. The van der Waals surface area contributed by atoms with E-state index in [0.29, 0.717) is 11.3 Å². The van der Waals surface area contributed by atoms with Gasteiger partial charge in [-0.05, 0) is 64.2 Å². The zero-order valence-electron chi connectivity index (χ0n) is 30.7. The molecule has 0 amide bonds. The average molecular weight is 912 g/mol. The summed E-state index contributed by atoms with van der Waals surface area (Å²) in [7, 11) is 0. The van der Waals surface area contributed by atoms with E-state index in [-0.39, 0.29) is 26.8 Å². The Bertz CT molecular complexity index is 3030. The maximum Gasteiger partial charge on any atom is 0.125 e. The van der Waals surface area contributed by atoms with Crippen LogP contribution in [0.5, 0.6) is 5.75 Å². The molecule has 57 heavy (non-hydrogen) atoms. The van der Waals surface area contributed by atoms with E-state index in [9.17, 15) is 5.11 Å². The Labute approximate surface area is 345 Å². The minimum atomic E-state index is 0. The van der Waals surface area contributed by atoms with Crippen molar-refractivity contribution < 1.29 is 26.2 Å². The summed E-state index contributed by atoms with van der Waals surface area (Å²) in [6, 6.07) is 70.0. The largest absolute Gasteiger partial charge is 0.507 e. The first-order valence-electron chi connectivity index (χ1n) is 18.7. The quantitative estimate of drug-likeness (QED) is 0.162. The molecular formula is C52H34N3OPt-. The monoisotopic (exact) mass is 911 g/mol. The summed E-state index contributed by atoms with van der Waals surface area (Å²) < 4.78 is 2.36. The molecular weight excluding hydrogens is 878 g/mol. The van der Waals surface area contributed by atoms with E-state index in [2.05, 4.69) is 138 Å². The van der Waals surface area contributed by atoms with Gasteiger partial charge in [0.1, 0.15) is 5.75 Å². The first-order valence-corrected chi connectivity index (χ1v) is 18.7. The molecule has 0 aliphatic rings. The van der Waals surface area contributed by atoms with Crippen molar-refractivity contribution in [2.45, 2.75) is 0 Å². The van der Waals surface area contributed by atoms with Crippen LogP contribution in [0.25, 0.3) is 94.6 Å². The van der Waals surface area contributed by atoms with Gasteiger partial charge in [0.2, 0.25) is 0 Å². The molecule has 0 aliphatic heterocycles. The van der Waals surface area contributed by atoms with Crippen molar-refractivity contribution in [3.63, 3.8) is 0 Å². The molecule has 4 nitrogen and oxygen atoms in total. The minimum Gasteiger partial charge on any atom is -0.507 e. The fraction of sp³-hybridized carbons (Fsp3) is 0. The van der Waals surface area contributed by atoms with E-state index >= 15 is 0 Å². The van der Waals surface area contributed by atoms with Crippen LogP contribution in [-0.2, 0) is 21.1 Å². The van der Waals surface area contributed by atoms with Crippen molar-refractivity contribution in [2.24, 2.45) is 0 Å². The summed E-state index contributed by atoms with van der Waals surface area (Å²) in [5.74, 6) is 0.176. The Hall–Kier alpha value is -6.87. The Kier molecular flexibility index (Phi) is 9.64. The molecule has 274 valence electrons. The molecule has 0 unspecified atom stereocenters. The number of aromatic hydroxyl groups is 1. The van der Waals surface area contributed by atoms with E-state index in [1.165, 1.54) is 16.3 Å². The summed E-state index contributed by atoms with van der Waals surface area (Å²) in [6.45, 7) is 0. The maximum atomic E-state index is 11.4. The van der Waals surface area contributed by atoms with Crippen molar-refractivity contribution in [1.82, 2.24) is 14.5 Å². The van der Waals surface area contributed by atoms with Gasteiger partial charge < -0.3 is 9.67 Å². The number of hydrogen-bond acceptors (Lipinski definition) is 3. The molecule has 1 N–H and O–H groups in total. The summed E-state index contributed by atoms with van der Waals surface area (Å²) in [4.78, 5) is 10.1. The van der Waals surface area contributed by atoms with Crippen LogP contribution in [0.2, 0.25) is 0 Å². The standard InChI is InChI=1S/C52H34N3O.Pt/c56-50-28-14-24-42(36-17-6-2-7-18-36)51(50)48-34-40(35-15-4-1-5-16-35)33-47(54-48)39-20-12-19-38(31-39)46-32-37(29-30-53-46)43-25-13-26-45-44-23-10-11-27-49(44)55(52(43)45)41-21-8-3-9-22-41;/h1-30,32-34,56H;/q-1;. The number of phenols is 1. The topological polar surface area (TPSA) is 50.9 Å². The summed E-state index contributed by atoms with van der Waals surface area (Å²) in [6.07, 6.45) is 1.88. The second-order valence-corrected chi connectivity index (χ2v) is 13.9. The molecule has 0 atom stereocenters. The second kappa shape index (κ2) is 15.3. The van der Waals surface area contributed by atoms with Gasteiger partial charge in [-0.15, -0.1) is 24.3 Å². The summed E-state index contributed by atoms with van der Waals surface area (Å²) >= 11 is 0. The number of hydrogen-bond donors (Lipinski definition) is 1. The normalized spacial score (nSPS) is 11.1. The molecule has 0 bridgehead atoms. The fourth-order valence-electron chi connectivity index (χ4n) is 7.87. The predicted octanol–water partition coefficient (Wildman–Crippen LogP) is 13.1. The SMILES string of the molecule is Oc1cccc(-c2ccccc2)c1-c1cc(-c2ccccc2)cc(-c2[c-]c(-c3cc(-c4cccc5c6ccccc6n(-c6ccccc6)c45)ccn3)ccc2)n1.[Pt]. The molecule has 3 heterocycles. The van der Waals surface area contributed by atoms with Gasteiger partial charge in [-0.25, -0.2) is 0 Å². The van der Waals surface area contributed by atoms with E-state index in [4.69, 9.17) is 9.97 Å². The molecule has 0 spiro atoms. The van der Waals surface area contributed by atoms with Gasteiger partial charge >= 0.3 is 0 Å². The maximum absolute atomic E-state index is 11.4. The zero-order valence-corrected chi connectivity index (χ0v) is 32.9. The molecule has 3 aromatic heterocycles. The van der Waals surface area contributed by atoms with Crippen LogP contribution >= 0.6 is 0 Å². The van der Waals surface area contributed by atoms with Crippen LogP contribution in [0.3, 0.4) is 0 Å². The fourth-order valence-corrected chi connectivity index (χ4v) is 7.87. The van der Waals surface area contributed by atoms with Crippen molar-refractivity contribution in [3.8, 4) is 78.6 Å². The number of benzene rings is 7. The first kappa shape index (κ1) is 35.8.